The van der Waals surface area contributed by atoms with Gasteiger partial charge in [-0.05, 0) is 71.1 Å². The number of carbonyl (C=O) groups excluding carboxylic acids is 3. The monoisotopic (exact) mass is 521 g/mol. The summed E-state index contributed by atoms with van der Waals surface area (Å²) in [6, 6.07) is 4.09. The number of carbonyl (C=O) groups is 3. The molecule has 0 heterocycles. The fourth-order valence-electron chi connectivity index (χ4n) is 4.25. The van der Waals surface area contributed by atoms with E-state index in [1.54, 1.807) is 25.7 Å². The van der Waals surface area contributed by atoms with Gasteiger partial charge in [-0.15, -0.1) is 0 Å². The Morgan fingerprint density at radius 2 is 1.64 bits per heavy atom. The molecule has 0 radical (unpaired) electrons. The molecule has 0 aliphatic heterocycles. The standard InChI is InChI=1S/C28H47N3O4S/c1-9-11-12-17-31(26(33)22(18-36)30-27(34)35-28(6,7)8)24(25(32)29-21(5)14-10-2)23-19(3)15-13-16-20(23)4/h13,15-16,21-22,24,36H,9-12,14,17-18H2,1-8H3,(H,29,32)(H,30,34). The normalized spacial score (nSPS) is 13.9. The van der Waals surface area contributed by atoms with Crippen molar-refractivity contribution in [3.8, 4) is 0 Å². The van der Waals surface area contributed by atoms with E-state index in [2.05, 4.69) is 37.1 Å². The van der Waals surface area contributed by atoms with E-state index in [9.17, 15) is 14.4 Å². The average molecular weight is 522 g/mol. The third-order valence-corrected chi connectivity index (χ3v) is 6.31. The molecule has 3 amide bonds. The molecule has 204 valence electrons. The maximum absolute atomic E-state index is 13.9. The number of rotatable bonds is 13. The lowest BCUT2D eigenvalue weighted by molar-refractivity contribution is -0.142. The molecule has 36 heavy (non-hydrogen) atoms. The Morgan fingerprint density at radius 1 is 1.03 bits per heavy atom. The van der Waals surface area contributed by atoms with Gasteiger partial charge in [0.15, 0.2) is 0 Å². The predicted octanol–water partition coefficient (Wildman–Crippen LogP) is 5.49. The molecule has 7 nitrogen and oxygen atoms in total. The van der Waals surface area contributed by atoms with Crippen LogP contribution >= 0.6 is 12.6 Å². The Labute approximate surface area is 223 Å². The number of alkyl carbamates (subject to hydrolysis) is 1. The van der Waals surface area contributed by atoms with Crippen LogP contribution in [0.2, 0.25) is 0 Å². The summed E-state index contributed by atoms with van der Waals surface area (Å²) >= 11 is 4.36. The highest BCUT2D eigenvalue weighted by molar-refractivity contribution is 7.80. The molecule has 2 N–H and O–H groups in total. The van der Waals surface area contributed by atoms with Crippen LogP contribution in [0.1, 0.15) is 96.4 Å². The van der Waals surface area contributed by atoms with Crippen molar-refractivity contribution in [1.29, 1.82) is 0 Å². The zero-order chi connectivity index (χ0) is 27.5. The SMILES string of the molecule is CCCCCN(C(=O)C(CS)NC(=O)OC(C)(C)C)C(C(=O)NC(C)CCC)c1c(C)cccc1C. The minimum Gasteiger partial charge on any atom is -0.444 e. The second-order valence-corrected chi connectivity index (χ2v) is 10.9. The molecular formula is C28H47N3O4S. The maximum atomic E-state index is 13.9. The molecule has 3 unspecified atom stereocenters. The third kappa shape index (κ3) is 10.0. The second kappa shape index (κ2) is 15.1. The van der Waals surface area contributed by atoms with Gasteiger partial charge in [-0.2, -0.15) is 12.6 Å². The number of unbranched alkanes of at least 4 members (excludes halogenated alkanes) is 2. The van der Waals surface area contributed by atoms with Gasteiger partial charge in [0.05, 0.1) is 0 Å². The Hall–Kier alpha value is -2.22. The summed E-state index contributed by atoms with van der Waals surface area (Å²) in [4.78, 5) is 41.9. The van der Waals surface area contributed by atoms with E-state index in [0.717, 1.165) is 48.8 Å². The predicted molar refractivity (Wildman–Crippen MR) is 149 cm³/mol. The van der Waals surface area contributed by atoms with Crippen molar-refractivity contribution in [2.45, 2.75) is 111 Å². The van der Waals surface area contributed by atoms with Gasteiger partial charge in [-0.3, -0.25) is 9.59 Å². The smallest absolute Gasteiger partial charge is 0.408 e. The van der Waals surface area contributed by atoms with Gasteiger partial charge in [0, 0.05) is 18.3 Å². The van der Waals surface area contributed by atoms with E-state index < -0.39 is 23.8 Å². The molecular weight excluding hydrogens is 474 g/mol. The van der Waals surface area contributed by atoms with Gasteiger partial charge in [0.25, 0.3) is 0 Å². The first-order chi connectivity index (χ1) is 16.9. The van der Waals surface area contributed by atoms with Crippen molar-refractivity contribution in [1.82, 2.24) is 15.5 Å². The summed E-state index contributed by atoms with van der Waals surface area (Å²) in [6.07, 6.45) is 3.73. The number of thiol groups is 1. The molecule has 1 aromatic rings. The van der Waals surface area contributed by atoms with Crippen molar-refractivity contribution >= 4 is 30.5 Å². The molecule has 8 heteroatoms. The molecule has 0 spiro atoms. The fraction of sp³-hybridized carbons (Fsp3) is 0.679. The van der Waals surface area contributed by atoms with Crippen molar-refractivity contribution in [2.24, 2.45) is 0 Å². The van der Waals surface area contributed by atoms with E-state index in [1.165, 1.54) is 0 Å². The largest absolute Gasteiger partial charge is 0.444 e. The first-order valence-corrected chi connectivity index (χ1v) is 13.8. The highest BCUT2D eigenvalue weighted by atomic mass is 32.1. The summed E-state index contributed by atoms with van der Waals surface area (Å²) in [7, 11) is 0. The van der Waals surface area contributed by atoms with Crippen molar-refractivity contribution < 1.29 is 19.1 Å². The summed E-state index contributed by atoms with van der Waals surface area (Å²) in [5.41, 5.74) is 1.99. The molecule has 0 saturated carbocycles. The number of aryl methyl sites for hydroxylation is 2. The Balaban J connectivity index is 3.50. The number of nitrogens with zero attached hydrogens (tertiary/aromatic N) is 1. The van der Waals surface area contributed by atoms with Crippen molar-refractivity contribution in [3.05, 3.63) is 34.9 Å². The van der Waals surface area contributed by atoms with Gasteiger partial charge in [-0.25, -0.2) is 4.79 Å². The van der Waals surface area contributed by atoms with Crippen LogP contribution in [0.4, 0.5) is 4.79 Å². The minimum absolute atomic E-state index is 0.0255. The lowest BCUT2D eigenvalue weighted by atomic mass is 9.93. The molecule has 0 bridgehead atoms. The van der Waals surface area contributed by atoms with E-state index in [1.807, 2.05) is 39.0 Å². The molecule has 1 rings (SSSR count). The number of nitrogens with one attached hydrogen (secondary N) is 2. The highest BCUT2D eigenvalue weighted by Crippen LogP contribution is 2.29. The van der Waals surface area contributed by atoms with E-state index in [-0.39, 0.29) is 23.6 Å². The molecule has 0 aliphatic rings. The van der Waals surface area contributed by atoms with Crippen LogP contribution < -0.4 is 10.6 Å². The molecule has 1 aromatic carbocycles. The van der Waals surface area contributed by atoms with Gasteiger partial charge in [0.1, 0.15) is 17.7 Å². The quantitative estimate of drug-likeness (QED) is 0.237. The summed E-state index contributed by atoms with van der Waals surface area (Å²) in [5, 5.41) is 5.79. The van der Waals surface area contributed by atoms with Crippen molar-refractivity contribution in [2.75, 3.05) is 12.3 Å². The van der Waals surface area contributed by atoms with E-state index in [4.69, 9.17) is 4.74 Å². The second-order valence-electron chi connectivity index (χ2n) is 10.5. The van der Waals surface area contributed by atoms with Crippen LogP contribution in [0.5, 0.6) is 0 Å². The van der Waals surface area contributed by atoms with E-state index in [0.29, 0.717) is 6.54 Å². The molecule has 0 aromatic heterocycles. The lowest BCUT2D eigenvalue weighted by Gasteiger charge is -2.36. The van der Waals surface area contributed by atoms with Crippen LogP contribution in [0.15, 0.2) is 18.2 Å². The minimum atomic E-state index is -0.933. The molecule has 0 fully saturated rings. The third-order valence-electron chi connectivity index (χ3n) is 5.94. The zero-order valence-corrected chi connectivity index (χ0v) is 24.3. The van der Waals surface area contributed by atoms with Gasteiger partial charge in [0.2, 0.25) is 11.8 Å². The Kier molecular flexibility index (Phi) is 13.4. The number of amides is 3. The number of hydrogen-bond acceptors (Lipinski definition) is 5. The first-order valence-electron chi connectivity index (χ1n) is 13.1. The van der Waals surface area contributed by atoms with Gasteiger partial charge < -0.3 is 20.3 Å². The highest BCUT2D eigenvalue weighted by Gasteiger charge is 2.37. The topological polar surface area (TPSA) is 87.7 Å². The Bertz CT molecular complexity index is 849. The van der Waals surface area contributed by atoms with Crippen LogP contribution in [0.25, 0.3) is 0 Å². The first kappa shape index (κ1) is 31.8. The number of hydrogen-bond donors (Lipinski definition) is 3. The van der Waals surface area contributed by atoms with Crippen LogP contribution in [-0.4, -0.2) is 52.8 Å². The maximum Gasteiger partial charge on any atom is 0.408 e. The lowest BCUT2D eigenvalue weighted by Crippen LogP contribution is -2.54. The summed E-state index contributed by atoms with van der Waals surface area (Å²) in [6.45, 7) is 15.7. The Morgan fingerprint density at radius 3 is 2.14 bits per heavy atom. The summed E-state index contributed by atoms with van der Waals surface area (Å²) in [5.74, 6) is -0.485. The molecule has 3 atom stereocenters. The van der Waals surface area contributed by atoms with Crippen molar-refractivity contribution in [3.63, 3.8) is 0 Å². The molecule has 0 saturated heterocycles. The molecule has 0 aliphatic carbocycles. The fourth-order valence-corrected chi connectivity index (χ4v) is 4.50. The van der Waals surface area contributed by atoms with Crippen LogP contribution in [0.3, 0.4) is 0 Å². The van der Waals surface area contributed by atoms with Crippen LogP contribution in [0, 0.1) is 13.8 Å². The average Bonchev–Trinajstić information content (AvgIpc) is 2.76. The number of benzene rings is 1. The van der Waals surface area contributed by atoms with Gasteiger partial charge in [-0.1, -0.05) is 51.3 Å². The summed E-state index contributed by atoms with van der Waals surface area (Å²) < 4.78 is 5.37. The van der Waals surface area contributed by atoms with Gasteiger partial charge >= 0.3 is 6.09 Å². The zero-order valence-electron chi connectivity index (χ0n) is 23.4. The number of ether oxygens (including phenoxy) is 1. The van der Waals surface area contributed by atoms with Crippen LogP contribution in [-0.2, 0) is 14.3 Å². The van der Waals surface area contributed by atoms with E-state index >= 15 is 0 Å².